The van der Waals surface area contributed by atoms with Gasteiger partial charge in [-0.3, -0.25) is 0 Å². The van der Waals surface area contributed by atoms with Crippen molar-refractivity contribution in [3.63, 3.8) is 0 Å². The second kappa shape index (κ2) is 3.98. The molecule has 0 saturated carbocycles. The van der Waals surface area contributed by atoms with E-state index in [9.17, 15) is 0 Å². The third kappa shape index (κ3) is 1.87. The summed E-state index contributed by atoms with van der Waals surface area (Å²) in [6.07, 6.45) is 0. The van der Waals surface area contributed by atoms with Gasteiger partial charge in [-0.2, -0.15) is 0 Å². The van der Waals surface area contributed by atoms with Crippen LogP contribution in [0.5, 0.6) is 0 Å². The molecule has 0 unspecified atom stereocenters. The number of hydrogen-bond donors (Lipinski definition) is 1. The topological polar surface area (TPSA) is 32.5 Å². The van der Waals surface area contributed by atoms with Crippen molar-refractivity contribution in [2.24, 2.45) is 5.73 Å². The molecule has 1 aliphatic heterocycles. The van der Waals surface area contributed by atoms with Gasteiger partial charge in [-0.25, -0.2) is 0 Å². The molecule has 1 aromatic carbocycles. The molecule has 0 aliphatic carbocycles. The molecule has 2 rings (SSSR count). The predicted octanol–water partition coefficient (Wildman–Crippen LogP) is 1.52. The van der Waals surface area contributed by atoms with Crippen LogP contribution < -0.4 is 15.5 Å². The van der Waals surface area contributed by atoms with Gasteiger partial charge in [0, 0.05) is 33.2 Å². The minimum absolute atomic E-state index is 0.211. The van der Waals surface area contributed by atoms with Gasteiger partial charge in [-0.05, 0) is 37.1 Å². The first-order chi connectivity index (χ1) is 7.49. The number of anilines is 2. The lowest BCUT2D eigenvalue weighted by atomic mass is 10.1. The van der Waals surface area contributed by atoms with Crippen molar-refractivity contribution in [1.82, 2.24) is 0 Å². The van der Waals surface area contributed by atoms with Crippen LogP contribution in [0.25, 0.3) is 0 Å². The number of fused-ring (bicyclic) bond motifs is 1. The van der Waals surface area contributed by atoms with E-state index >= 15 is 0 Å². The molecule has 3 nitrogen and oxygen atoms in total. The van der Waals surface area contributed by atoms with Gasteiger partial charge >= 0.3 is 0 Å². The fourth-order valence-corrected chi connectivity index (χ4v) is 2.36. The van der Waals surface area contributed by atoms with Gasteiger partial charge in [0.2, 0.25) is 0 Å². The summed E-state index contributed by atoms with van der Waals surface area (Å²) in [6, 6.07) is 4.74. The predicted molar refractivity (Wildman–Crippen MR) is 70.4 cm³/mol. The molecule has 0 atom stereocenters. The van der Waals surface area contributed by atoms with Gasteiger partial charge in [0.25, 0.3) is 0 Å². The van der Waals surface area contributed by atoms with Crippen LogP contribution >= 0.6 is 0 Å². The first-order valence-electron chi connectivity index (χ1n) is 5.78. The Balaban J connectivity index is 2.52. The standard InChI is InChI=1S/C13H21N3/c1-9-5-12-13(6-10(9)2)16(4)8-11(14)7-15(12)3/h5-6,11H,7-8,14H2,1-4H3. The van der Waals surface area contributed by atoms with E-state index in [-0.39, 0.29) is 6.04 Å². The molecule has 88 valence electrons. The Hall–Kier alpha value is -1.22. The highest BCUT2D eigenvalue weighted by Gasteiger charge is 2.20. The van der Waals surface area contributed by atoms with Crippen LogP contribution in [0, 0.1) is 13.8 Å². The van der Waals surface area contributed by atoms with Crippen molar-refractivity contribution in [2.75, 3.05) is 37.0 Å². The molecule has 0 aromatic heterocycles. The lowest BCUT2D eigenvalue weighted by molar-refractivity contribution is 0.665. The molecule has 0 bridgehead atoms. The van der Waals surface area contributed by atoms with E-state index in [2.05, 4.69) is 49.9 Å². The van der Waals surface area contributed by atoms with Gasteiger partial charge in [-0.15, -0.1) is 0 Å². The molecule has 1 aromatic rings. The Kier molecular flexibility index (Phi) is 2.80. The molecule has 2 N–H and O–H groups in total. The Bertz CT molecular complexity index is 363. The molecule has 0 spiro atoms. The van der Waals surface area contributed by atoms with Crippen molar-refractivity contribution in [3.8, 4) is 0 Å². The Morgan fingerprint density at radius 1 is 1.00 bits per heavy atom. The lowest BCUT2D eigenvalue weighted by Crippen LogP contribution is -2.40. The normalized spacial score (nSPS) is 17.3. The van der Waals surface area contributed by atoms with E-state index in [1.165, 1.54) is 22.5 Å². The molecular formula is C13H21N3. The van der Waals surface area contributed by atoms with Crippen molar-refractivity contribution in [2.45, 2.75) is 19.9 Å². The molecule has 1 heterocycles. The monoisotopic (exact) mass is 219 g/mol. The van der Waals surface area contributed by atoms with Gasteiger partial charge in [0.1, 0.15) is 0 Å². The van der Waals surface area contributed by atoms with Gasteiger partial charge in [-0.1, -0.05) is 0 Å². The van der Waals surface area contributed by atoms with Crippen molar-refractivity contribution in [3.05, 3.63) is 23.3 Å². The van der Waals surface area contributed by atoms with E-state index in [1.807, 2.05) is 0 Å². The zero-order chi connectivity index (χ0) is 11.9. The van der Waals surface area contributed by atoms with E-state index in [4.69, 9.17) is 5.73 Å². The highest BCUT2D eigenvalue weighted by atomic mass is 15.2. The summed E-state index contributed by atoms with van der Waals surface area (Å²) in [4.78, 5) is 4.52. The molecular weight excluding hydrogens is 198 g/mol. The lowest BCUT2D eigenvalue weighted by Gasteiger charge is -2.23. The summed E-state index contributed by atoms with van der Waals surface area (Å²) < 4.78 is 0. The average Bonchev–Trinajstić information content (AvgIpc) is 2.28. The third-order valence-electron chi connectivity index (χ3n) is 3.43. The zero-order valence-electron chi connectivity index (χ0n) is 10.6. The summed E-state index contributed by atoms with van der Waals surface area (Å²) in [6.45, 7) is 6.15. The Labute approximate surface area is 97.8 Å². The van der Waals surface area contributed by atoms with Crippen molar-refractivity contribution in [1.29, 1.82) is 0 Å². The molecule has 0 radical (unpaired) electrons. The van der Waals surface area contributed by atoms with Gasteiger partial charge in [0.05, 0.1) is 11.4 Å². The quantitative estimate of drug-likeness (QED) is 0.718. The fraction of sp³-hybridized carbons (Fsp3) is 0.538. The third-order valence-corrected chi connectivity index (χ3v) is 3.43. The maximum atomic E-state index is 6.09. The Morgan fingerprint density at radius 3 is 1.75 bits per heavy atom. The largest absolute Gasteiger partial charge is 0.371 e. The summed E-state index contributed by atoms with van der Waals surface area (Å²) >= 11 is 0. The summed E-state index contributed by atoms with van der Waals surface area (Å²) in [5.41, 5.74) is 11.4. The number of hydrogen-bond acceptors (Lipinski definition) is 3. The van der Waals surface area contributed by atoms with Crippen molar-refractivity contribution < 1.29 is 0 Å². The molecule has 0 fully saturated rings. The number of nitrogens with zero attached hydrogens (tertiary/aromatic N) is 2. The second-order valence-corrected chi connectivity index (χ2v) is 4.95. The van der Waals surface area contributed by atoms with Crippen LogP contribution in [-0.4, -0.2) is 33.2 Å². The van der Waals surface area contributed by atoms with Crippen LogP contribution in [0.4, 0.5) is 11.4 Å². The number of aryl methyl sites for hydroxylation is 2. The summed E-state index contributed by atoms with van der Waals surface area (Å²) in [7, 11) is 4.24. The van der Waals surface area contributed by atoms with E-state index < -0.39 is 0 Å². The van der Waals surface area contributed by atoms with Gasteiger partial charge < -0.3 is 15.5 Å². The van der Waals surface area contributed by atoms with Crippen LogP contribution in [0.15, 0.2) is 12.1 Å². The fourth-order valence-electron chi connectivity index (χ4n) is 2.36. The number of benzene rings is 1. The number of likely N-dealkylation sites (N-methyl/N-ethyl adjacent to an activating group) is 2. The summed E-state index contributed by atoms with van der Waals surface area (Å²) in [5, 5.41) is 0. The second-order valence-electron chi connectivity index (χ2n) is 4.95. The summed E-state index contributed by atoms with van der Waals surface area (Å²) in [5.74, 6) is 0. The molecule has 3 heteroatoms. The van der Waals surface area contributed by atoms with Crippen LogP contribution in [0.1, 0.15) is 11.1 Å². The van der Waals surface area contributed by atoms with E-state index in [0.717, 1.165) is 13.1 Å². The Morgan fingerprint density at radius 2 is 1.38 bits per heavy atom. The number of rotatable bonds is 0. The number of nitrogens with two attached hydrogens (primary N) is 1. The van der Waals surface area contributed by atoms with E-state index in [0.29, 0.717) is 0 Å². The SMILES string of the molecule is Cc1cc2c(cc1C)N(C)CC(N)CN2C. The molecule has 0 amide bonds. The zero-order valence-corrected chi connectivity index (χ0v) is 10.6. The van der Waals surface area contributed by atoms with Crippen LogP contribution in [0.3, 0.4) is 0 Å². The van der Waals surface area contributed by atoms with E-state index in [1.54, 1.807) is 0 Å². The van der Waals surface area contributed by atoms with Crippen molar-refractivity contribution >= 4 is 11.4 Å². The highest BCUT2D eigenvalue weighted by Crippen LogP contribution is 2.33. The first kappa shape index (κ1) is 11.3. The first-order valence-corrected chi connectivity index (χ1v) is 5.78. The maximum Gasteiger partial charge on any atom is 0.0604 e. The average molecular weight is 219 g/mol. The highest BCUT2D eigenvalue weighted by molar-refractivity contribution is 5.74. The minimum atomic E-state index is 0.211. The molecule has 1 aliphatic rings. The molecule has 16 heavy (non-hydrogen) atoms. The minimum Gasteiger partial charge on any atom is -0.371 e. The molecule has 0 saturated heterocycles. The van der Waals surface area contributed by atoms with Crippen LogP contribution in [-0.2, 0) is 0 Å². The van der Waals surface area contributed by atoms with Gasteiger partial charge in [0.15, 0.2) is 0 Å². The maximum absolute atomic E-state index is 6.09. The van der Waals surface area contributed by atoms with Crippen LogP contribution in [0.2, 0.25) is 0 Å². The smallest absolute Gasteiger partial charge is 0.0604 e.